The van der Waals surface area contributed by atoms with Crippen LogP contribution in [0.4, 0.5) is 0 Å². The highest BCUT2D eigenvalue weighted by atomic mass is 16.1. The molecular formula is C26H50N3O+. The molecule has 0 saturated carbocycles. The largest absolute Gasteiger partial charge is 0.351 e. The first kappa shape index (κ1) is 26.7. The first-order valence-corrected chi connectivity index (χ1v) is 12.8. The minimum atomic E-state index is 0.0624. The molecule has 2 N–H and O–H groups in total. The maximum absolute atomic E-state index is 11.2. The van der Waals surface area contributed by atoms with Gasteiger partial charge in [-0.15, -0.1) is 0 Å². The number of likely N-dealkylation sites (N-methyl/N-ethyl adjacent to an activating group) is 1. The standard InChI is InChI=1S/C26H49N3O/c1-4-6-7-8-9-10-11-12-13-14-15-16-17-18-19-20-26-28-22-24-29(26,5-2)23-21-27-25(3)30/h14-15,22,24,26,28H,4-13,16-21,23H2,1-3H3/p+1/b15-14+. The topological polar surface area (TPSA) is 41.1 Å². The second-order valence-electron chi connectivity index (χ2n) is 9.00. The van der Waals surface area contributed by atoms with Crippen molar-refractivity contribution in [1.82, 2.24) is 10.6 Å². The number of carbonyl (C=O) groups excluding carboxylic acids is 1. The van der Waals surface area contributed by atoms with Gasteiger partial charge in [0.05, 0.1) is 19.3 Å². The van der Waals surface area contributed by atoms with E-state index in [1.807, 2.05) is 0 Å². The second-order valence-corrected chi connectivity index (χ2v) is 9.00. The van der Waals surface area contributed by atoms with E-state index in [1.54, 1.807) is 6.92 Å². The number of allylic oxidation sites excluding steroid dienone is 2. The fourth-order valence-corrected chi connectivity index (χ4v) is 4.46. The molecule has 0 aromatic carbocycles. The SMILES string of the molecule is CCCCCCCCCC/C=C/CCCCCC1NC=C[N+]1(CC)CCNC(C)=O. The molecule has 0 bridgehead atoms. The lowest BCUT2D eigenvalue weighted by molar-refractivity contribution is -0.898. The van der Waals surface area contributed by atoms with Crippen LogP contribution in [0.15, 0.2) is 24.6 Å². The zero-order chi connectivity index (χ0) is 21.9. The zero-order valence-electron chi connectivity index (χ0n) is 20.3. The van der Waals surface area contributed by atoms with Gasteiger partial charge in [0.15, 0.2) is 6.17 Å². The molecule has 1 aliphatic heterocycles. The number of nitrogens with zero attached hydrogens (tertiary/aromatic N) is 1. The molecule has 0 aliphatic carbocycles. The fourth-order valence-electron chi connectivity index (χ4n) is 4.46. The van der Waals surface area contributed by atoms with E-state index in [0.717, 1.165) is 24.1 Å². The van der Waals surface area contributed by atoms with Crippen LogP contribution in [-0.4, -0.2) is 36.2 Å². The Balaban J connectivity index is 2.02. The van der Waals surface area contributed by atoms with Gasteiger partial charge in [0.2, 0.25) is 5.91 Å². The van der Waals surface area contributed by atoms with Gasteiger partial charge in [-0.25, -0.2) is 0 Å². The van der Waals surface area contributed by atoms with Crippen molar-refractivity contribution >= 4 is 5.91 Å². The summed E-state index contributed by atoms with van der Waals surface area (Å²) in [6.07, 6.45) is 28.4. The van der Waals surface area contributed by atoms with Crippen molar-refractivity contribution in [2.45, 2.75) is 117 Å². The Morgan fingerprint density at radius 2 is 1.53 bits per heavy atom. The average molecular weight is 421 g/mol. The zero-order valence-corrected chi connectivity index (χ0v) is 20.3. The van der Waals surface area contributed by atoms with Crippen LogP contribution in [0, 0.1) is 0 Å². The monoisotopic (exact) mass is 420 g/mol. The van der Waals surface area contributed by atoms with Crippen molar-refractivity contribution in [1.29, 1.82) is 0 Å². The minimum absolute atomic E-state index is 0.0624. The van der Waals surface area contributed by atoms with Crippen LogP contribution >= 0.6 is 0 Å². The third-order valence-corrected chi connectivity index (χ3v) is 6.51. The molecule has 0 aromatic rings. The first-order valence-electron chi connectivity index (χ1n) is 12.8. The van der Waals surface area contributed by atoms with Gasteiger partial charge in [0.1, 0.15) is 12.7 Å². The summed E-state index contributed by atoms with van der Waals surface area (Å²) in [6.45, 7) is 8.90. The highest BCUT2D eigenvalue weighted by Crippen LogP contribution is 2.22. The molecule has 2 atom stereocenters. The molecule has 0 aromatic heterocycles. The van der Waals surface area contributed by atoms with Gasteiger partial charge in [0.25, 0.3) is 0 Å². The number of nitrogens with one attached hydrogen (secondary N) is 2. The summed E-state index contributed by atoms with van der Waals surface area (Å²) in [5.41, 5.74) is 0. The van der Waals surface area contributed by atoms with Gasteiger partial charge in [-0.3, -0.25) is 9.28 Å². The summed E-state index contributed by atoms with van der Waals surface area (Å²) in [6, 6.07) is 0. The normalized spacial score (nSPS) is 20.7. The summed E-state index contributed by atoms with van der Waals surface area (Å²) in [5.74, 6) is 0.0624. The molecule has 30 heavy (non-hydrogen) atoms. The van der Waals surface area contributed by atoms with Crippen LogP contribution in [0.5, 0.6) is 0 Å². The Kier molecular flexibility index (Phi) is 15.5. The summed E-state index contributed by atoms with van der Waals surface area (Å²) in [4.78, 5) is 11.2. The summed E-state index contributed by atoms with van der Waals surface area (Å²) >= 11 is 0. The predicted octanol–water partition coefficient (Wildman–Crippen LogP) is 6.40. The Bertz CT molecular complexity index is 489. The molecular weight excluding hydrogens is 370 g/mol. The maximum atomic E-state index is 11.2. The number of unbranched alkanes of at least 4 members (excludes halogenated alkanes) is 11. The van der Waals surface area contributed by atoms with Crippen molar-refractivity contribution in [3.63, 3.8) is 0 Å². The lowest BCUT2D eigenvalue weighted by atomic mass is 10.1. The van der Waals surface area contributed by atoms with E-state index in [9.17, 15) is 4.79 Å². The van der Waals surface area contributed by atoms with Gasteiger partial charge in [-0.2, -0.15) is 0 Å². The Morgan fingerprint density at radius 3 is 2.13 bits per heavy atom. The number of amides is 1. The Labute approximate surface area is 187 Å². The maximum Gasteiger partial charge on any atom is 0.217 e. The smallest absolute Gasteiger partial charge is 0.217 e. The third kappa shape index (κ3) is 11.8. The molecule has 1 amide bonds. The Morgan fingerprint density at radius 1 is 0.933 bits per heavy atom. The lowest BCUT2D eigenvalue weighted by Crippen LogP contribution is -2.55. The molecule has 0 fully saturated rings. The van der Waals surface area contributed by atoms with E-state index < -0.39 is 0 Å². The van der Waals surface area contributed by atoms with Gasteiger partial charge in [-0.05, 0) is 39.0 Å². The molecule has 1 heterocycles. The number of hydrogen-bond donors (Lipinski definition) is 2. The van der Waals surface area contributed by atoms with Gasteiger partial charge in [-0.1, -0.05) is 70.4 Å². The van der Waals surface area contributed by atoms with E-state index >= 15 is 0 Å². The predicted molar refractivity (Wildman–Crippen MR) is 130 cm³/mol. The van der Waals surface area contributed by atoms with E-state index in [4.69, 9.17) is 0 Å². The highest BCUT2D eigenvalue weighted by Gasteiger charge is 2.36. The summed E-state index contributed by atoms with van der Waals surface area (Å²) in [7, 11) is 0. The van der Waals surface area contributed by atoms with Gasteiger partial charge < -0.3 is 10.6 Å². The first-order chi connectivity index (χ1) is 14.6. The fraction of sp³-hybridized carbons (Fsp3) is 0.808. The Hall–Kier alpha value is -1.29. The molecule has 174 valence electrons. The van der Waals surface area contributed by atoms with Crippen molar-refractivity contribution in [2.75, 3.05) is 19.6 Å². The van der Waals surface area contributed by atoms with Crippen molar-refractivity contribution in [2.24, 2.45) is 0 Å². The molecule has 1 rings (SSSR count). The van der Waals surface area contributed by atoms with Crippen molar-refractivity contribution in [3.05, 3.63) is 24.6 Å². The minimum Gasteiger partial charge on any atom is -0.351 e. The number of carbonyl (C=O) groups is 1. The number of rotatable bonds is 19. The van der Waals surface area contributed by atoms with Crippen LogP contribution in [0.25, 0.3) is 0 Å². The van der Waals surface area contributed by atoms with E-state index in [1.165, 1.54) is 89.9 Å². The molecule has 2 unspecified atom stereocenters. The van der Waals surface area contributed by atoms with Crippen molar-refractivity contribution in [3.8, 4) is 0 Å². The van der Waals surface area contributed by atoms with Gasteiger partial charge >= 0.3 is 0 Å². The number of hydrogen-bond acceptors (Lipinski definition) is 2. The second kappa shape index (κ2) is 17.4. The van der Waals surface area contributed by atoms with Crippen LogP contribution in [0.1, 0.15) is 111 Å². The lowest BCUT2D eigenvalue weighted by Gasteiger charge is -2.37. The highest BCUT2D eigenvalue weighted by molar-refractivity contribution is 5.72. The third-order valence-electron chi connectivity index (χ3n) is 6.51. The molecule has 0 radical (unpaired) electrons. The van der Waals surface area contributed by atoms with E-state index in [0.29, 0.717) is 6.17 Å². The van der Waals surface area contributed by atoms with Crippen molar-refractivity contribution < 1.29 is 9.28 Å². The molecule has 0 saturated heterocycles. The molecule has 4 nitrogen and oxygen atoms in total. The quantitative estimate of drug-likeness (QED) is 0.144. The number of quaternary nitrogens is 1. The van der Waals surface area contributed by atoms with Crippen LogP contribution < -0.4 is 10.6 Å². The summed E-state index contributed by atoms with van der Waals surface area (Å²) < 4.78 is 0.943. The molecule has 1 aliphatic rings. The van der Waals surface area contributed by atoms with Gasteiger partial charge in [0, 0.05) is 13.3 Å². The molecule has 4 heteroatoms. The van der Waals surface area contributed by atoms with Crippen LogP contribution in [-0.2, 0) is 4.79 Å². The van der Waals surface area contributed by atoms with E-state index in [-0.39, 0.29) is 5.91 Å². The van der Waals surface area contributed by atoms with E-state index in [2.05, 4.69) is 49.0 Å². The van der Waals surface area contributed by atoms with Crippen LogP contribution in [0.3, 0.4) is 0 Å². The molecule has 0 spiro atoms. The average Bonchev–Trinajstić information content (AvgIpc) is 3.13. The van der Waals surface area contributed by atoms with Crippen LogP contribution in [0.2, 0.25) is 0 Å². The summed E-state index contributed by atoms with van der Waals surface area (Å²) in [5, 5.41) is 6.50.